The van der Waals surface area contributed by atoms with E-state index >= 15 is 0 Å². The molecule has 1 rings (SSSR count). The average molecular weight is 268 g/mol. The van der Waals surface area contributed by atoms with Crippen molar-refractivity contribution in [3.05, 3.63) is 23.8 Å². The zero-order chi connectivity index (χ0) is 14.5. The maximum Gasteiger partial charge on any atom is 0.257 e. The maximum atomic E-state index is 12.2. The van der Waals surface area contributed by atoms with Crippen LogP contribution < -0.4 is 15.8 Å². The summed E-state index contributed by atoms with van der Waals surface area (Å²) in [6.45, 7) is 1.04. The fraction of sp³-hybridized carbons (Fsp3) is 0.462. The molecule has 0 aliphatic carbocycles. The monoisotopic (exact) mass is 268 g/mol. The molecule has 0 unspecified atom stereocenters. The predicted octanol–water partition coefficient (Wildman–Crippen LogP) is 0.141. The number of carbonyl (C=O) groups is 1. The van der Waals surface area contributed by atoms with Crippen molar-refractivity contribution in [3.63, 3.8) is 0 Å². The Labute approximate surface area is 112 Å². The molecule has 1 aromatic carbocycles. The Morgan fingerprint density at radius 1 is 1.42 bits per heavy atom. The second kappa shape index (κ2) is 6.40. The van der Waals surface area contributed by atoms with Crippen molar-refractivity contribution in [2.75, 3.05) is 26.1 Å². The van der Waals surface area contributed by atoms with Crippen molar-refractivity contribution in [3.8, 4) is 5.75 Å². The van der Waals surface area contributed by atoms with Gasteiger partial charge in [-0.15, -0.1) is 0 Å². The van der Waals surface area contributed by atoms with E-state index in [-0.39, 0.29) is 24.5 Å². The second-order valence-corrected chi connectivity index (χ2v) is 4.33. The van der Waals surface area contributed by atoms with Crippen LogP contribution >= 0.6 is 0 Å². The summed E-state index contributed by atoms with van der Waals surface area (Å²) in [5, 5.41) is 21.3. The van der Waals surface area contributed by atoms with Gasteiger partial charge >= 0.3 is 0 Å². The lowest BCUT2D eigenvalue weighted by Gasteiger charge is -2.30. The fourth-order valence-corrected chi connectivity index (χ4v) is 1.71. The van der Waals surface area contributed by atoms with Crippen LogP contribution in [-0.4, -0.2) is 42.0 Å². The van der Waals surface area contributed by atoms with Gasteiger partial charge in [0.1, 0.15) is 11.3 Å². The van der Waals surface area contributed by atoms with Crippen molar-refractivity contribution < 1.29 is 19.7 Å². The highest BCUT2D eigenvalue weighted by Crippen LogP contribution is 2.24. The summed E-state index contributed by atoms with van der Waals surface area (Å²) in [4.78, 5) is 12.2. The minimum Gasteiger partial charge on any atom is -0.496 e. The van der Waals surface area contributed by atoms with Gasteiger partial charge in [0.15, 0.2) is 0 Å². The molecule has 0 spiro atoms. The number of carbonyl (C=O) groups excluding carboxylic acids is 1. The molecule has 6 nitrogen and oxygen atoms in total. The minimum absolute atomic E-state index is 0.199. The number of amides is 1. The van der Waals surface area contributed by atoms with Gasteiger partial charge < -0.3 is 26.0 Å². The van der Waals surface area contributed by atoms with E-state index in [4.69, 9.17) is 10.5 Å². The Morgan fingerprint density at radius 2 is 2.05 bits per heavy atom. The molecule has 1 aromatic rings. The van der Waals surface area contributed by atoms with Crippen molar-refractivity contribution >= 4 is 11.6 Å². The number of hydrogen-bond donors (Lipinski definition) is 4. The number of rotatable bonds is 6. The number of methoxy groups -OCH3 is 1. The highest BCUT2D eigenvalue weighted by Gasteiger charge is 2.30. The normalized spacial score (nSPS) is 11.2. The van der Waals surface area contributed by atoms with Crippen LogP contribution in [0.5, 0.6) is 5.75 Å². The predicted molar refractivity (Wildman–Crippen MR) is 72.1 cm³/mol. The van der Waals surface area contributed by atoms with E-state index in [9.17, 15) is 15.0 Å². The smallest absolute Gasteiger partial charge is 0.257 e. The van der Waals surface area contributed by atoms with Gasteiger partial charge in [0, 0.05) is 5.69 Å². The first kappa shape index (κ1) is 15.3. The Balaban J connectivity index is 3.07. The number of hydrogen-bond acceptors (Lipinski definition) is 5. The van der Waals surface area contributed by atoms with Crippen LogP contribution in [0.1, 0.15) is 23.7 Å². The van der Waals surface area contributed by atoms with Crippen molar-refractivity contribution in [1.29, 1.82) is 0 Å². The lowest BCUT2D eigenvalue weighted by molar-refractivity contribution is 0.0651. The van der Waals surface area contributed by atoms with Gasteiger partial charge in [-0.2, -0.15) is 0 Å². The Hall–Kier alpha value is -1.79. The number of aliphatic hydroxyl groups is 2. The first-order chi connectivity index (χ1) is 9.03. The van der Waals surface area contributed by atoms with Gasteiger partial charge in [-0.3, -0.25) is 4.79 Å². The molecule has 106 valence electrons. The molecule has 19 heavy (non-hydrogen) atoms. The number of nitrogen functional groups attached to an aromatic ring is 1. The zero-order valence-electron chi connectivity index (χ0n) is 11.1. The molecule has 0 aliphatic rings. The van der Waals surface area contributed by atoms with Gasteiger partial charge in [-0.25, -0.2) is 0 Å². The number of nitrogens with one attached hydrogen (secondary N) is 1. The van der Waals surface area contributed by atoms with E-state index in [1.807, 2.05) is 0 Å². The summed E-state index contributed by atoms with van der Waals surface area (Å²) < 4.78 is 5.10. The first-order valence-electron chi connectivity index (χ1n) is 6.00. The van der Waals surface area contributed by atoms with E-state index in [0.717, 1.165) is 0 Å². The third kappa shape index (κ3) is 3.15. The minimum atomic E-state index is -1.07. The summed E-state index contributed by atoms with van der Waals surface area (Å²) in [5.41, 5.74) is 5.18. The molecule has 0 aliphatic heterocycles. The van der Waals surface area contributed by atoms with Crippen LogP contribution in [0.3, 0.4) is 0 Å². The third-order valence-corrected chi connectivity index (χ3v) is 3.17. The second-order valence-electron chi connectivity index (χ2n) is 4.33. The van der Waals surface area contributed by atoms with Crippen LogP contribution in [0, 0.1) is 0 Å². The largest absolute Gasteiger partial charge is 0.496 e. The van der Waals surface area contributed by atoms with Crippen LogP contribution in [0.2, 0.25) is 0 Å². The SMILES string of the molecule is CCC(CO)(CO)NC(=O)c1c(N)cccc1OC. The number of aliphatic hydroxyl groups excluding tert-OH is 2. The van der Waals surface area contributed by atoms with E-state index in [1.165, 1.54) is 7.11 Å². The molecular weight excluding hydrogens is 248 g/mol. The van der Waals surface area contributed by atoms with Gasteiger partial charge in [0.05, 0.1) is 25.9 Å². The zero-order valence-corrected chi connectivity index (χ0v) is 11.1. The molecule has 0 fully saturated rings. The maximum absolute atomic E-state index is 12.2. The molecule has 0 atom stereocenters. The first-order valence-corrected chi connectivity index (χ1v) is 6.00. The lowest BCUT2D eigenvalue weighted by atomic mass is 9.97. The lowest BCUT2D eigenvalue weighted by Crippen LogP contribution is -2.53. The van der Waals surface area contributed by atoms with E-state index in [2.05, 4.69) is 5.32 Å². The van der Waals surface area contributed by atoms with Crippen molar-refractivity contribution in [1.82, 2.24) is 5.32 Å². The molecule has 6 heteroatoms. The molecule has 0 saturated heterocycles. The average Bonchev–Trinajstić information content (AvgIpc) is 2.44. The van der Waals surface area contributed by atoms with Crippen molar-refractivity contribution in [2.24, 2.45) is 0 Å². The third-order valence-electron chi connectivity index (χ3n) is 3.17. The molecule has 0 saturated carbocycles. The summed E-state index contributed by atoms with van der Waals surface area (Å²) in [7, 11) is 1.44. The highest BCUT2D eigenvalue weighted by molar-refractivity contribution is 6.02. The Kier molecular flexibility index (Phi) is 5.14. The number of nitrogens with two attached hydrogens (primary N) is 1. The van der Waals surface area contributed by atoms with E-state index in [0.29, 0.717) is 12.2 Å². The molecule has 0 radical (unpaired) electrons. The Morgan fingerprint density at radius 3 is 2.53 bits per heavy atom. The summed E-state index contributed by atoms with van der Waals surface area (Å²) >= 11 is 0. The quantitative estimate of drug-likeness (QED) is 0.549. The van der Waals surface area contributed by atoms with Crippen LogP contribution in [0.25, 0.3) is 0 Å². The van der Waals surface area contributed by atoms with Gasteiger partial charge in [-0.05, 0) is 18.6 Å². The van der Waals surface area contributed by atoms with Crippen LogP contribution in [0.15, 0.2) is 18.2 Å². The topological polar surface area (TPSA) is 105 Å². The molecule has 0 bridgehead atoms. The van der Waals surface area contributed by atoms with E-state index in [1.54, 1.807) is 25.1 Å². The summed E-state index contributed by atoms with van der Waals surface area (Å²) in [6, 6.07) is 4.88. The van der Waals surface area contributed by atoms with Gasteiger partial charge in [0.2, 0.25) is 0 Å². The standard InChI is InChI=1S/C13H20N2O4/c1-3-13(7-16,8-17)15-12(18)11-9(14)5-4-6-10(11)19-2/h4-6,16-17H,3,7-8,14H2,1-2H3,(H,15,18). The van der Waals surface area contributed by atoms with E-state index < -0.39 is 11.4 Å². The molecule has 0 aromatic heterocycles. The van der Waals surface area contributed by atoms with Crippen LogP contribution in [-0.2, 0) is 0 Å². The van der Waals surface area contributed by atoms with Crippen LogP contribution in [0.4, 0.5) is 5.69 Å². The Bertz CT molecular complexity index is 436. The molecule has 0 heterocycles. The number of ether oxygens (including phenoxy) is 1. The van der Waals surface area contributed by atoms with Crippen molar-refractivity contribution in [2.45, 2.75) is 18.9 Å². The fourth-order valence-electron chi connectivity index (χ4n) is 1.71. The summed E-state index contributed by atoms with van der Waals surface area (Å²) in [6.07, 6.45) is 0.390. The molecular formula is C13H20N2O4. The highest BCUT2D eigenvalue weighted by atomic mass is 16.5. The number of benzene rings is 1. The van der Waals surface area contributed by atoms with Gasteiger partial charge in [-0.1, -0.05) is 13.0 Å². The summed E-state index contributed by atoms with van der Waals surface area (Å²) in [5.74, 6) is -0.140. The number of anilines is 1. The van der Waals surface area contributed by atoms with Gasteiger partial charge in [0.25, 0.3) is 5.91 Å². The molecule has 5 N–H and O–H groups in total. The molecule has 1 amide bonds.